The fourth-order valence-corrected chi connectivity index (χ4v) is 1.99. The van der Waals surface area contributed by atoms with Crippen LogP contribution in [0.15, 0.2) is 11.4 Å². The maximum atomic E-state index is 11.5. The Balaban J connectivity index is 2.48. The number of aryl methyl sites for hydroxylation is 1. The zero-order valence-electron chi connectivity index (χ0n) is 8.74. The molecule has 82 valence electrons. The van der Waals surface area contributed by atoms with Crippen molar-refractivity contribution >= 4 is 34.5 Å². The van der Waals surface area contributed by atoms with Gasteiger partial charge in [-0.25, -0.2) is 0 Å². The molecule has 0 aromatic carbocycles. The first-order valence-electron chi connectivity index (χ1n) is 4.62. The summed E-state index contributed by atoms with van der Waals surface area (Å²) in [5.74, 6) is -0.518. The van der Waals surface area contributed by atoms with E-state index in [-0.39, 0.29) is 10.9 Å². The standard InChI is InChI=1S/C10H14N2OS2/c1-6-3-4-15-8(6)5-12-10(13)7(2)9(11)14/h3-4,7H,5H2,1-2H3,(H2,11,14)(H,12,13). The number of rotatable bonds is 4. The predicted octanol–water partition coefficient (Wildman–Crippen LogP) is 1.59. The molecule has 1 heterocycles. The van der Waals surface area contributed by atoms with Crippen LogP contribution in [0.25, 0.3) is 0 Å². The summed E-state index contributed by atoms with van der Waals surface area (Å²) in [6.07, 6.45) is 0. The van der Waals surface area contributed by atoms with Crippen LogP contribution in [-0.4, -0.2) is 10.9 Å². The Labute approximate surface area is 98.7 Å². The van der Waals surface area contributed by atoms with E-state index in [0.717, 1.165) is 0 Å². The molecule has 5 heteroatoms. The van der Waals surface area contributed by atoms with Crippen molar-refractivity contribution in [1.29, 1.82) is 0 Å². The van der Waals surface area contributed by atoms with Gasteiger partial charge in [0.05, 0.1) is 17.5 Å². The van der Waals surface area contributed by atoms with E-state index in [0.29, 0.717) is 6.54 Å². The van der Waals surface area contributed by atoms with Crippen molar-refractivity contribution in [2.45, 2.75) is 20.4 Å². The predicted molar refractivity (Wildman–Crippen MR) is 66.9 cm³/mol. The molecule has 0 saturated heterocycles. The van der Waals surface area contributed by atoms with E-state index in [9.17, 15) is 4.79 Å². The molecule has 1 aromatic rings. The molecule has 15 heavy (non-hydrogen) atoms. The topological polar surface area (TPSA) is 55.1 Å². The molecular weight excluding hydrogens is 228 g/mol. The largest absolute Gasteiger partial charge is 0.393 e. The molecule has 0 bridgehead atoms. The molecular formula is C10H14N2OS2. The second-order valence-corrected chi connectivity index (χ2v) is 4.84. The van der Waals surface area contributed by atoms with E-state index >= 15 is 0 Å². The van der Waals surface area contributed by atoms with Gasteiger partial charge in [-0.2, -0.15) is 0 Å². The number of thiophene rings is 1. The van der Waals surface area contributed by atoms with Crippen molar-refractivity contribution < 1.29 is 4.79 Å². The van der Waals surface area contributed by atoms with Gasteiger partial charge < -0.3 is 11.1 Å². The van der Waals surface area contributed by atoms with Crippen molar-refractivity contribution in [2.24, 2.45) is 11.7 Å². The lowest BCUT2D eigenvalue weighted by Crippen LogP contribution is -2.35. The molecule has 0 fully saturated rings. The highest BCUT2D eigenvalue weighted by atomic mass is 32.1. The second kappa shape index (κ2) is 5.23. The second-order valence-electron chi connectivity index (χ2n) is 3.37. The third-order valence-electron chi connectivity index (χ3n) is 2.21. The first-order valence-corrected chi connectivity index (χ1v) is 5.91. The van der Waals surface area contributed by atoms with Crippen LogP contribution in [0.1, 0.15) is 17.4 Å². The van der Waals surface area contributed by atoms with Gasteiger partial charge in [-0.3, -0.25) is 4.79 Å². The summed E-state index contributed by atoms with van der Waals surface area (Å²) in [5, 5.41) is 4.82. The highest BCUT2D eigenvalue weighted by Gasteiger charge is 2.15. The van der Waals surface area contributed by atoms with Crippen LogP contribution in [0.4, 0.5) is 0 Å². The molecule has 0 aliphatic carbocycles. The summed E-state index contributed by atoms with van der Waals surface area (Å²) >= 11 is 6.39. The summed E-state index contributed by atoms with van der Waals surface area (Å²) < 4.78 is 0. The average Bonchev–Trinajstić information content (AvgIpc) is 2.59. The van der Waals surface area contributed by atoms with E-state index in [4.69, 9.17) is 18.0 Å². The number of nitrogens with two attached hydrogens (primary N) is 1. The monoisotopic (exact) mass is 242 g/mol. The van der Waals surface area contributed by atoms with Crippen LogP contribution < -0.4 is 11.1 Å². The third kappa shape index (κ3) is 3.28. The van der Waals surface area contributed by atoms with Crippen LogP contribution in [0.3, 0.4) is 0 Å². The van der Waals surface area contributed by atoms with Gasteiger partial charge in [0.25, 0.3) is 0 Å². The van der Waals surface area contributed by atoms with Crippen LogP contribution in [0.2, 0.25) is 0 Å². The minimum Gasteiger partial charge on any atom is -0.393 e. The van der Waals surface area contributed by atoms with Gasteiger partial charge in [0, 0.05) is 4.88 Å². The number of carbonyl (C=O) groups excluding carboxylic acids is 1. The third-order valence-corrected chi connectivity index (χ3v) is 3.59. The molecule has 1 rings (SSSR count). The molecule has 0 spiro atoms. The summed E-state index contributed by atoms with van der Waals surface area (Å²) in [7, 11) is 0. The van der Waals surface area contributed by atoms with E-state index in [1.165, 1.54) is 10.4 Å². The first kappa shape index (κ1) is 12.1. The van der Waals surface area contributed by atoms with E-state index < -0.39 is 5.92 Å². The molecule has 0 saturated carbocycles. The lowest BCUT2D eigenvalue weighted by molar-refractivity contribution is -0.122. The van der Waals surface area contributed by atoms with Crippen LogP contribution >= 0.6 is 23.6 Å². The van der Waals surface area contributed by atoms with Crippen molar-refractivity contribution in [1.82, 2.24) is 5.32 Å². The first-order chi connectivity index (χ1) is 7.02. The lowest BCUT2D eigenvalue weighted by Gasteiger charge is -2.10. The van der Waals surface area contributed by atoms with Gasteiger partial charge >= 0.3 is 0 Å². The Kier molecular flexibility index (Phi) is 4.23. The molecule has 0 aliphatic heterocycles. The smallest absolute Gasteiger partial charge is 0.229 e. The summed E-state index contributed by atoms with van der Waals surface area (Å²) in [6, 6.07) is 2.03. The Morgan fingerprint density at radius 3 is 2.87 bits per heavy atom. The van der Waals surface area contributed by atoms with Gasteiger partial charge in [-0.1, -0.05) is 12.2 Å². The molecule has 0 aliphatic rings. The molecule has 1 aromatic heterocycles. The summed E-state index contributed by atoms with van der Waals surface area (Å²) in [4.78, 5) is 12.9. The number of hydrogen-bond donors (Lipinski definition) is 2. The van der Waals surface area contributed by atoms with Gasteiger partial charge in [0.15, 0.2) is 0 Å². The van der Waals surface area contributed by atoms with Crippen LogP contribution in [0.5, 0.6) is 0 Å². The van der Waals surface area contributed by atoms with Gasteiger partial charge in [0.1, 0.15) is 0 Å². The van der Waals surface area contributed by atoms with Crippen molar-refractivity contribution in [3.05, 3.63) is 21.9 Å². The molecule has 1 amide bonds. The molecule has 1 atom stereocenters. The highest BCUT2D eigenvalue weighted by Crippen LogP contribution is 2.14. The SMILES string of the molecule is Cc1ccsc1CNC(=O)C(C)C(N)=S. The lowest BCUT2D eigenvalue weighted by atomic mass is 10.1. The van der Waals surface area contributed by atoms with Crippen LogP contribution in [-0.2, 0) is 11.3 Å². The Morgan fingerprint density at radius 2 is 2.40 bits per heavy atom. The quantitative estimate of drug-likeness (QED) is 0.788. The fraction of sp³-hybridized carbons (Fsp3) is 0.400. The Hall–Kier alpha value is -0.940. The zero-order valence-corrected chi connectivity index (χ0v) is 10.4. The summed E-state index contributed by atoms with van der Waals surface area (Å²) in [6.45, 7) is 4.28. The maximum Gasteiger partial charge on any atom is 0.229 e. The average molecular weight is 242 g/mol. The van der Waals surface area contributed by atoms with Gasteiger partial charge in [0.2, 0.25) is 5.91 Å². The Bertz CT molecular complexity index is 373. The number of thiocarbonyl (C=S) groups is 1. The Morgan fingerprint density at radius 1 is 1.73 bits per heavy atom. The van der Waals surface area contributed by atoms with E-state index in [1.54, 1.807) is 18.3 Å². The van der Waals surface area contributed by atoms with Gasteiger partial charge in [-0.05, 0) is 30.9 Å². The number of hydrogen-bond acceptors (Lipinski definition) is 3. The molecule has 1 unspecified atom stereocenters. The van der Waals surface area contributed by atoms with Gasteiger partial charge in [-0.15, -0.1) is 11.3 Å². The molecule has 0 radical (unpaired) electrons. The molecule has 3 N–H and O–H groups in total. The van der Waals surface area contributed by atoms with Crippen LogP contribution in [0, 0.1) is 12.8 Å². The minimum absolute atomic E-state index is 0.115. The normalized spacial score (nSPS) is 12.1. The maximum absolute atomic E-state index is 11.5. The van der Waals surface area contributed by atoms with Crippen molar-refractivity contribution in [2.75, 3.05) is 0 Å². The van der Waals surface area contributed by atoms with E-state index in [2.05, 4.69) is 5.32 Å². The number of nitrogens with one attached hydrogen (secondary N) is 1. The fourth-order valence-electron chi connectivity index (χ4n) is 1.03. The highest BCUT2D eigenvalue weighted by molar-refractivity contribution is 7.80. The molecule has 3 nitrogen and oxygen atoms in total. The number of carbonyl (C=O) groups is 1. The summed E-state index contributed by atoms with van der Waals surface area (Å²) in [5.41, 5.74) is 6.59. The number of amides is 1. The minimum atomic E-state index is -0.403. The van der Waals surface area contributed by atoms with Crippen molar-refractivity contribution in [3.63, 3.8) is 0 Å². The zero-order chi connectivity index (χ0) is 11.4. The van der Waals surface area contributed by atoms with E-state index in [1.807, 2.05) is 18.4 Å². The van der Waals surface area contributed by atoms with Crippen molar-refractivity contribution in [3.8, 4) is 0 Å².